The number of fused-ring (bicyclic) bond motifs is 1. The van der Waals surface area contributed by atoms with Gasteiger partial charge in [-0.2, -0.15) is 4.31 Å². The number of aryl methyl sites for hydroxylation is 1. The third-order valence-electron chi connectivity index (χ3n) is 8.66. The zero-order valence-corrected chi connectivity index (χ0v) is 29.3. The predicted octanol–water partition coefficient (Wildman–Crippen LogP) is 4.65. The summed E-state index contributed by atoms with van der Waals surface area (Å²) in [4.78, 5) is 40.6. The van der Waals surface area contributed by atoms with Crippen molar-refractivity contribution in [1.29, 1.82) is 0 Å². The van der Waals surface area contributed by atoms with Gasteiger partial charge in [-0.05, 0) is 69.2 Å². The Morgan fingerprint density at radius 3 is 2.33 bits per heavy atom. The summed E-state index contributed by atoms with van der Waals surface area (Å²) in [6.45, 7) is 5.48. The fourth-order valence-electron chi connectivity index (χ4n) is 5.55. The van der Waals surface area contributed by atoms with Crippen molar-refractivity contribution in [3.05, 3.63) is 77.9 Å². The standard InChI is InChI=1S/C36H47N5O7S/c1-24-14-17-28(18-15-24)49(46,47)40(4)22-33-25(2)21-41(26(3)23-42)36(45)29-20-27(16-19-32(29)48-33)38-34(43)12-6-5-7-13-35(44)39-31-11-9-8-10-30(31)37/h8-11,14-20,25-26,33,42H,5-7,12-13,21-23,37H2,1-4H3,(H,38,43)(H,39,44)/t25-,26+,33+/m1/s1. The van der Waals surface area contributed by atoms with Crippen molar-refractivity contribution < 1.29 is 32.6 Å². The fourth-order valence-corrected chi connectivity index (χ4v) is 6.74. The van der Waals surface area contributed by atoms with Gasteiger partial charge in [0.05, 0.1) is 41.0 Å². The van der Waals surface area contributed by atoms with Crippen molar-refractivity contribution in [2.45, 2.75) is 69.9 Å². The average molecular weight is 694 g/mol. The molecule has 0 radical (unpaired) electrons. The van der Waals surface area contributed by atoms with Gasteiger partial charge < -0.3 is 31.1 Å². The number of para-hydroxylation sites is 2. The van der Waals surface area contributed by atoms with Crippen LogP contribution >= 0.6 is 0 Å². The number of likely N-dealkylation sites (N-methyl/N-ethyl adjacent to an activating group) is 1. The van der Waals surface area contributed by atoms with Crippen LogP contribution in [0.3, 0.4) is 0 Å². The van der Waals surface area contributed by atoms with Gasteiger partial charge >= 0.3 is 0 Å². The molecule has 0 aliphatic carbocycles. The van der Waals surface area contributed by atoms with Gasteiger partial charge in [0.1, 0.15) is 11.9 Å². The second-order valence-electron chi connectivity index (χ2n) is 12.7. The molecule has 0 fully saturated rings. The highest BCUT2D eigenvalue weighted by molar-refractivity contribution is 7.89. The van der Waals surface area contributed by atoms with Crippen molar-refractivity contribution in [2.24, 2.45) is 5.92 Å². The fraction of sp³-hybridized carbons (Fsp3) is 0.417. The Bertz CT molecular complexity index is 1730. The topological polar surface area (TPSA) is 171 Å². The minimum Gasteiger partial charge on any atom is -0.488 e. The summed E-state index contributed by atoms with van der Waals surface area (Å²) >= 11 is 0. The Kier molecular flexibility index (Phi) is 12.8. The number of rotatable bonds is 14. The molecule has 12 nitrogen and oxygen atoms in total. The molecule has 5 N–H and O–H groups in total. The minimum absolute atomic E-state index is 0.0206. The number of amides is 3. The molecule has 1 aliphatic rings. The first kappa shape index (κ1) is 37.4. The molecule has 264 valence electrons. The van der Waals surface area contributed by atoms with Crippen LogP contribution < -0.4 is 21.1 Å². The van der Waals surface area contributed by atoms with Crippen molar-refractivity contribution in [1.82, 2.24) is 9.21 Å². The van der Waals surface area contributed by atoms with Crippen LogP contribution in [0, 0.1) is 12.8 Å². The molecular weight excluding hydrogens is 646 g/mol. The van der Waals surface area contributed by atoms with Gasteiger partial charge in [-0.25, -0.2) is 8.42 Å². The summed E-state index contributed by atoms with van der Waals surface area (Å²) < 4.78 is 34.3. The number of unbranched alkanes of at least 4 members (excludes halogenated alkanes) is 2. The highest BCUT2D eigenvalue weighted by Gasteiger charge is 2.35. The van der Waals surface area contributed by atoms with E-state index in [9.17, 15) is 27.9 Å². The Morgan fingerprint density at radius 1 is 1.02 bits per heavy atom. The molecule has 3 aromatic rings. The van der Waals surface area contributed by atoms with E-state index >= 15 is 0 Å². The number of sulfonamides is 1. The zero-order chi connectivity index (χ0) is 35.7. The van der Waals surface area contributed by atoms with Crippen molar-refractivity contribution >= 4 is 44.8 Å². The largest absolute Gasteiger partial charge is 0.488 e. The maximum Gasteiger partial charge on any atom is 0.258 e. The quantitative estimate of drug-likeness (QED) is 0.140. The number of nitrogens with one attached hydrogen (secondary N) is 2. The van der Waals surface area contributed by atoms with Gasteiger partial charge in [-0.3, -0.25) is 14.4 Å². The smallest absolute Gasteiger partial charge is 0.258 e. The predicted molar refractivity (Wildman–Crippen MR) is 190 cm³/mol. The molecule has 13 heteroatoms. The van der Waals surface area contributed by atoms with E-state index < -0.39 is 22.2 Å². The van der Waals surface area contributed by atoms with E-state index in [1.165, 1.54) is 11.4 Å². The number of nitrogens with two attached hydrogens (primary N) is 1. The summed E-state index contributed by atoms with van der Waals surface area (Å²) in [7, 11) is -2.31. The third kappa shape index (κ3) is 9.80. The van der Waals surface area contributed by atoms with E-state index in [1.807, 2.05) is 13.8 Å². The molecular formula is C36H47N5O7S. The van der Waals surface area contributed by atoms with E-state index in [0.29, 0.717) is 42.7 Å². The number of ether oxygens (including phenoxy) is 1. The number of anilines is 3. The maximum atomic E-state index is 13.8. The van der Waals surface area contributed by atoms with Crippen LogP contribution in [0.15, 0.2) is 71.6 Å². The summed E-state index contributed by atoms with van der Waals surface area (Å²) in [6.07, 6.45) is 1.75. The first-order valence-electron chi connectivity index (χ1n) is 16.5. The molecule has 49 heavy (non-hydrogen) atoms. The van der Waals surface area contributed by atoms with Crippen LogP contribution in [-0.4, -0.2) is 79.3 Å². The summed E-state index contributed by atoms with van der Waals surface area (Å²) in [5.41, 5.74) is 8.49. The zero-order valence-electron chi connectivity index (χ0n) is 28.5. The van der Waals surface area contributed by atoms with Crippen LogP contribution in [0.2, 0.25) is 0 Å². The monoisotopic (exact) mass is 693 g/mol. The lowest BCUT2D eigenvalue weighted by molar-refractivity contribution is -0.116. The number of carbonyl (C=O) groups excluding carboxylic acids is 3. The molecule has 1 aliphatic heterocycles. The summed E-state index contributed by atoms with van der Waals surface area (Å²) in [5.74, 6) is -0.782. The second-order valence-corrected chi connectivity index (χ2v) is 14.7. The lowest BCUT2D eigenvalue weighted by atomic mass is 9.99. The van der Waals surface area contributed by atoms with Gasteiger partial charge in [-0.1, -0.05) is 43.2 Å². The SMILES string of the molecule is Cc1ccc(S(=O)(=O)N(C)C[C@@H]2Oc3ccc(NC(=O)CCCCCC(=O)Nc4ccccc4N)cc3C(=O)N([C@@H](C)CO)C[C@H]2C)cc1. The van der Waals surface area contributed by atoms with Crippen molar-refractivity contribution in [3.8, 4) is 5.75 Å². The molecule has 0 saturated carbocycles. The van der Waals surface area contributed by atoms with Crippen LogP contribution in [0.25, 0.3) is 0 Å². The third-order valence-corrected chi connectivity index (χ3v) is 10.5. The molecule has 3 aromatic carbocycles. The van der Waals surface area contributed by atoms with Gasteiger partial charge in [0, 0.05) is 38.0 Å². The number of nitrogen functional groups attached to an aromatic ring is 1. The first-order valence-corrected chi connectivity index (χ1v) is 17.9. The second kappa shape index (κ2) is 16.8. The van der Waals surface area contributed by atoms with E-state index in [0.717, 1.165) is 5.56 Å². The number of carbonyl (C=O) groups is 3. The highest BCUT2D eigenvalue weighted by Crippen LogP contribution is 2.31. The minimum atomic E-state index is -3.81. The molecule has 0 bridgehead atoms. The number of hydrogen-bond donors (Lipinski definition) is 4. The lowest BCUT2D eigenvalue weighted by Crippen LogP contribution is -2.50. The molecule has 0 spiro atoms. The highest BCUT2D eigenvalue weighted by atomic mass is 32.2. The van der Waals surface area contributed by atoms with Crippen LogP contribution in [0.5, 0.6) is 5.75 Å². The van der Waals surface area contributed by atoms with E-state index in [4.69, 9.17) is 10.5 Å². The van der Waals surface area contributed by atoms with Gasteiger partial charge in [0.2, 0.25) is 21.8 Å². The molecule has 0 aromatic heterocycles. The van der Waals surface area contributed by atoms with E-state index in [-0.39, 0.29) is 66.0 Å². The maximum absolute atomic E-state index is 13.8. The van der Waals surface area contributed by atoms with Crippen LogP contribution in [0.1, 0.15) is 61.9 Å². The lowest BCUT2D eigenvalue weighted by Gasteiger charge is -2.38. The number of aliphatic hydroxyl groups is 1. The first-order chi connectivity index (χ1) is 23.3. The summed E-state index contributed by atoms with van der Waals surface area (Å²) in [5, 5.41) is 15.6. The molecule has 3 atom stereocenters. The van der Waals surface area contributed by atoms with Crippen molar-refractivity contribution in [3.63, 3.8) is 0 Å². The van der Waals surface area contributed by atoms with Gasteiger partial charge in [-0.15, -0.1) is 0 Å². The average Bonchev–Trinajstić information content (AvgIpc) is 3.07. The molecule has 1 heterocycles. The molecule has 0 unspecified atom stereocenters. The number of benzene rings is 3. The Hall–Kier alpha value is -4.46. The number of hydrogen-bond acceptors (Lipinski definition) is 8. The molecule has 0 saturated heterocycles. The Balaban J connectivity index is 1.40. The van der Waals surface area contributed by atoms with Gasteiger partial charge in [0.15, 0.2) is 0 Å². The summed E-state index contributed by atoms with van der Waals surface area (Å²) in [6, 6.07) is 17.9. The Morgan fingerprint density at radius 2 is 1.67 bits per heavy atom. The molecule has 4 rings (SSSR count). The van der Waals surface area contributed by atoms with Crippen LogP contribution in [0.4, 0.5) is 17.1 Å². The van der Waals surface area contributed by atoms with Gasteiger partial charge in [0.25, 0.3) is 5.91 Å². The number of aliphatic hydroxyl groups excluding tert-OH is 1. The normalized spacial score (nSPS) is 17.0. The van der Waals surface area contributed by atoms with E-state index in [1.54, 1.807) is 78.6 Å². The van der Waals surface area contributed by atoms with Crippen LogP contribution in [-0.2, 0) is 19.6 Å². The number of nitrogens with zero attached hydrogens (tertiary/aromatic N) is 2. The van der Waals surface area contributed by atoms with E-state index in [2.05, 4.69) is 10.6 Å². The molecule has 3 amide bonds. The van der Waals surface area contributed by atoms with Crippen molar-refractivity contribution in [2.75, 3.05) is 43.1 Å². The Labute approximate surface area is 288 Å².